The second-order valence-electron chi connectivity index (χ2n) is 3.84. The number of benzene rings is 1. The smallest absolute Gasteiger partial charge is 0.121 e. The number of aryl methyl sites for hydroxylation is 1. The quantitative estimate of drug-likeness (QED) is 0.860. The van der Waals surface area contributed by atoms with E-state index < -0.39 is 0 Å². The van der Waals surface area contributed by atoms with Gasteiger partial charge in [0.2, 0.25) is 0 Å². The Hall–Kier alpha value is -1.48. The van der Waals surface area contributed by atoms with Gasteiger partial charge in [0.1, 0.15) is 5.75 Å². The van der Waals surface area contributed by atoms with E-state index in [9.17, 15) is 0 Å². The highest BCUT2D eigenvalue weighted by Crippen LogP contribution is 2.20. The van der Waals surface area contributed by atoms with Gasteiger partial charge in [-0.25, -0.2) is 0 Å². The Kier molecular flexibility index (Phi) is 4.04. The lowest BCUT2D eigenvalue weighted by Gasteiger charge is -2.08. The zero-order valence-corrected chi connectivity index (χ0v) is 11.0. The summed E-state index contributed by atoms with van der Waals surface area (Å²) < 4.78 is 5.47. The molecule has 0 saturated carbocycles. The molecule has 2 rings (SSSR count). The topological polar surface area (TPSA) is 21.3 Å². The summed E-state index contributed by atoms with van der Waals surface area (Å²) in [5.41, 5.74) is 2.45. The second-order valence-corrected chi connectivity index (χ2v) is 4.84. The summed E-state index contributed by atoms with van der Waals surface area (Å²) in [5, 5.41) is 5.55. The van der Waals surface area contributed by atoms with E-state index in [1.54, 1.807) is 11.3 Å². The molecule has 2 nitrogen and oxygen atoms in total. The number of rotatable bonds is 5. The molecule has 1 aromatic carbocycles. The Bertz CT molecular complexity index is 479. The van der Waals surface area contributed by atoms with Crippen molar-refractivity contribution < 1.29 is 4.74 Å². The number of ether oxygens (including phenoxy) is 1. The zero-order valence-electron chi connectivity index (χ0n) is 10.2. The lowest BCUT2D eigenvalue weighted by Crippen LogP contribution is -1.99. The van der Waals surface area contributed by atoms with Crippen LogP contribution in [0.15, 0.2) is 35.7 Å². The van der Waals surface area contributed by atoms with Crippen molar-refractivity contribution in [2.45, 2.75) is 20.4 Å². The van der Waals surface area contributed by atoms with Crippen molar-refractivity contribution >= 4 is 17.0 Å². The van der Waals surface area contributed by atoms with Crippen LogP contribution in [0.25, 0.3) is 0 Å². The molecule has 1 heterocycles. The van der Waals surface area contributed by atoms with Crippen LogP contribution >= 0.6 is 11.3 Å². The summed E-state index contributed by atoms with van der Waals surface area (Å²) in [6.45, 7) is 5.71. The van der Waals surface area contributed by atoms with Crippen LogP contribution in [0.5, 0.6) is 5.75 Å². The van der Waals surface area contributed by atoms with Gasteiger partial charge in [-0.1, -0.05) is 6.07 Å². The van der Waals surface area contributed by atoms with E-state index in [1.807, 2.05) is 25.1 Å². The minimum atomic E-state index is 0.702. The molecule has 0 aliphatic heterocycles. The van der Waals surface area contributed by atoms with E-state index in [0.29, 0.717) is 6.61 Å². The molecule has 0 saturated heterocycles. The van der Waals surface area contributed by atoms with Gasteiger partial charge in [-0.15, -0.1) is 11.3 Å². The largest absolute Gasteiger partial charge is 0.494 e. The van der Waals surface area contributed by atoms with Crippen LogP contribution in [0.2, 0.25) is 0 Å². The second kappa shape index (κ2) is 5.73. The fraction of sp³-hybridized carbons (Fsp3) is 0.286. The maximum Gasteiger partial charge on any atom is 0.121 e. The summed E-state index contributed by atoms with van der Waals surface area (Å²) in [5.74, 6) is 0.917. The number of thiophene rings is 1. The first kappa shape index (κ1) is 12.0. The molecule has 0 aliphatic carbocycles. The van der Waals surface area contributed by atoms with Crippen molar-refractivity contribution in [1.82, 2.24) is 0 Å². The SMILES string of the molecule is CCOc1cccc(NCc2sccc2C)c1. The first-order valence-electron chi connectivity index (χ1n) is 5.79. The molecule has 0 fully saturated rings. The molecule has 0 amide bonds. The molecule has 1 N–H and O–H groups in total. The Morgan fingerprint density at radius 3 is 2.88 bits per heavy atom. The van der Waals surface area contributed by atoms with Crippen LogP contribution in [0.3, 0.4) is 0 Å². The molecule has 0 unspecified atom stereocenters. The Morgan fingerprint density at radius 2 is 2.18 bits per heavy atom. The molecule has 0 radical (unpaired) electrons. The highest BCUT2D eigenvalue weighted by Gasteiger charge is 2.00. The van der Waals surface area contributed by atoms with Crippen LogP contribution in [0, 0.1) is 6.92 Å². The summed E-state index contributed by atoms with van der Waals surface area (Å²) in [7, 11) is 0. The van der Waals surface area contributed by atoms with Gasteiger partial charge in [0.25, 0.3) is 0 Å². The third-order valence-electron chi connectivity index (χ3n) is 2.57. The van der Waals surface area contributed by atoms with Crippen molar-refractivity contribution in [3.8, 4) is 5.75 Å². The highest BCUT2D eigenvalue weighted by atomic mass is 32.1. The molecular weight excluding hydrogens is 230 g/mol. The average molecular weight is 247 g/mol. The van der Waals surface area contributed by atoms with Crippen LogP contribution in [0.1, 0.15) is 17.4 Å². The average Bonchev–Trinajstić information content (AvgIpc) is 2.73. The number of hydrogen-bond donors (Lipinski definition) is 1. The zero-order chi connectivity index (χ0) is 12.1. The van der Waals surface area contributed by atoms with Gasteiger partial charge in [-0.2, -0.15) is 0 Å². The van der Waals surface area contributed by atoms with E-state index >= 15 is 0 Å². The molecule has 0 spiro atoms. The van der Waals surface area contributed by atoms with Gasteiger partial charge >= 0.3 is 0 Å². The minimum Gasteiger partial charge on any atom is -0.494 e. The van der Waals surface area contributed by atoms with Gasteiger partial charge < -0.3 is 10.1 Å². The summed E-state index contributed by atoms with van der Waals surface area (Å²) in [6, 6.07) is 10.2. The number of nitrogens with one attached hydrogen (secondary N) is 1. The lowest BCUT2D eigenvalue weighted by molar-refractivity contribution is 0.340. The third kappa shape index (κ3) is 3.24. The number of hydrogen-bond acceptors (Lipinski definition) is 3. The van der Waals surface area contributed by atoms with Crippen molar-refractivity contribution in [2.75, 3.05) is 11.9 Å². The molecule has 0 bridgehead atoms. The standard InChI is InChI=1S/C14H17NOS/c1-3-16-13-6-4-5-12(9-13)15-10-14-11(2)7-8-17-14/h4-9,15H,3,10H2,1-2H3. The molecule has 17 heavy (non-hydrogen) atoms. The van der Waals surface area contributed by atoms with Crippen LogP contribution in [-0.2, 0) is 6.54 Å². The molecule has 1 aromatic heterocycles. The lowest BCUT2D eigenvalue weighted by atomic mass is 10.2. The Balaban J connectivity index is 1.99. The fourth-order valence-corrected chi connectivity index (χ4v) is 2.48. The van der Waals surface area contributed by atoms with Gasteiger partial charge in [0, 0.05) is 23.2 Å². The van der Waals surface area contributed by atoms with Crippen LogP contribution < -0.4 is 10.1 Å². The first-order chi connectivity index (χ1) is 8.29. The molecule has 0 aliphatic rings. The molecule has 3 heteroatoms. The third-order valence-corrected chi connectivity index (χ3v) is 3.59. The van der Waals surface area contributed by atoms with Gasteiger partial charge in [0.15, 0.2) is 0 Å². The summed E-state index contributed by atoms with van der Waals surface area (Å²) in [6.07, 6.45) is 0. The predicted octanol–water partition coefficient (Wildman–Crippen LogP) is 4.07. The van der Waals surface area contributed by atoms with E-state index in [1.165, 1.54) is 10.4 Å². The van der Waals surface area contributed by atoms with E-state index in [0.717, 1.165) is 18.0 Å². The van der Waals surface area contributed by atoms with E-state index in [-0.39, 0.29) is 0 Å². The minimum absolute atomic E-state index is 0.702. The highest BCUT2D eigenvalue weighted by molar-refractivity contribution is 7.10. The van der Waals surface area contributed by atoms with Crippen molar-refractivity contribution in [3.63, 3.8) is 0 Å². The Labute approximate surface area is 106 Å². The predicted molar refractivity (Wildman–Crippen MR) is 74.0 cm³/mol. The Morgan fingerprint density at radius 1 is 1.29 bits per heavy atom. The van der Waals surface area contributed by atoms with Crippen LogP contribution in [0.4, 0.5) is 5.69 Å². The fourth-order valence-electron chi connectivity index (χ4n) is 1.63. The first-order valence-corrected chi connectivity index (χ1v) is 6.67. The van der Waals surface area contributed by atoms with Crippen molar-refractivity contribution in [3.05, 3.63) is 46.2 Å². The molecule has 90 valence electrons. The molecule has 2 aromatic rings. The van der Waals surface area contributed by atoms with Crippen molar-refractivity contribution in [1.29, 1.82) is 0 Å². The molecular formula is C14H17NOS. The normalized spacial score (nSPS) is 10.2. The van der Waals surface area contributed by atoms with Gasteiger partial charge in [-0.05, 0) is 43.0 Å². The van der Waals surface area contributed by atoms with Crippen LogP contribution in [-0.4, -0.2) is 6.61 Å². The summed E-state index contributed by atoms with van der Waals surface area (Å²) >= 11 is 1.79. The van der Waals surface area contributed by atoms with E-state index in [2.05, 4.69) is 29.8 Å². The van der Waals surface area contributed by atoms with Crippen molar-refractivity contribution in [2.24, 2.45) is 0 Å². The maximum absolute atomic E-state index is 5.47. The molecule has 0 atom stereocenters. The van der Waals surface area contributed by atoms with E-state index in [4.69, 9.17) is 4.74 Å². The monoisotopic (exact) mass is 247 g/mol. The summed E-state index contributed by atoms with van der Waals surface area (Å²) in [4.78, 5) is 1.38. The maximum atomic E-state index is 5.47. The number of anilines is 1. The van der Waals surface area contributed by atoms with Gasteiger partial charge in [-0.3, -0.25) is 0 Å². The van der Waals surface area contributed by atoms with Gasteiger partial charge in [0.05, 0.1) is 6.61 Å².